The van der Waals surface area contributed by atoms with Gasteiger partial charge in [0.05, 0.1) is 19.4 Å². The molecular formula is C19H18N2O2. The van der Waals surface area contributed by atoms with Crippen molar-refractivity contribution in [3.63, 3.8) is 0 Å². The molecule has 1 N–H and O–H groups in total. The molecule has 4 heteroatoms. The molecule has 1 atom stereocenters. The summed E-state index contributed by atoms with van der Waals surface area (Å²) in [5.74, 6) is 0.694. The molecule has 0 amide bonds. The van der Waals surface area contributed by atoms with Crippen molar-refractivity contribution < 1.29 is 9.84 Å². The van der Waals surface area contributed by atoms with Crippen LogP contribution in [-0.4, -0.2) is 28.8 Å². The van der Waals surface area contributed by atoms with E-state index in [4.69, 9.17) is 4.74 Å². The molecule has 2 heterocycles. The van der Waals surface area contributed by atoms with Crippen LogP contribution in [0.1, 0.15) is 17.2 Å². The SMILES string of the molecule is COc1ccc(-c2ccc(C(CO)c3ccncc3)nc2)cc1. The van der Waals surface area contributed by atoms with E-state index in [-0.39, 0.29) is 12.5 Å². The van der Waals surface area contributed by atoms with Gasteiger partial charge in [-0.15, -0.1) is 0 Å². The molecule has 1 aromatic carbocycles. The fourth-order valence-electron chi connectivity index (χ4n) is 2.53. The number of hydrogen-bond donors (Lipinski definition) is 1. The quantitative estimate of drug-likeness (QED) is 0.786. The summed E-state index contributed by atoms with van der Waals surface area (Å²) in [6.45, 7) is 0.0128. The van der Waals surface area contributed by atoms with E-state index >= 15 is 0 Å². The Hall–Kier alpha value is -2.72. The first-order chi connectivity index (χ1) is 11.3. The number of rotatable bonds is 5. The standard InChI is InChI=1S/C19H18N2O2/c1-23-17-5-2-14(3-6-17)16-4-7-19(21-12-16)18(13-22)15-8-10-20-11-9-15/h2-12,18,22H,13H2,1H3. The fraction of sp³-hybridized carbons (Fsp3) is 0.158. The lowest BCUT2D eigenvalue weighted by atomic mass is 9.96. The number of methoxy groups -OCH3 is 1. The highest BCUT2D eigenvalue weighted by Gasteiger charge is 2.14. The van der Waals surface area contributed by atoms with Gasteiger partial charge in [0.1, 0.15) is 5.75 Å². The van der Waals surface area contributed by atoms with Gasteiger partial charge in [-0.2, -0.15) is 0 Å². The first-order valence-corrected chi connectivity index (χ1v) is 7.43. The molecule has 0 radical (unpaired) electrons. The Bertz CT molecular complexity index is 741. The number of aliphatic hydroxyl groups excluding tert-OH is 1. The smallest absolute Gasteiger partial charge is 0.118 e. The highest BCUT2D eigenvalue weighted by molar-refractivity contribution is 5.63. The Morgan fingerprint density at radius 1 is 0.957 bits per heavy atom. The Balaban J connectivity index is 1.86. The fourth-order valence-corrected chi connectivity index (χ4v) is 2.53. The van der Waals surface area contributed by atoms with Gasteiger partial charge in [0, 0.05) is 30.1 Å². The minimum atomic E-state index is -0.136. The normalized spacial score (nSPS) is 11.9. The zero-order valence-corrected chi connectivity index (χ0v) is 12.9. The second kappa shape index (κ2) is 7.03. The molecule has 0 aliphatic carbocycles. The van der Waals surface area contributed by atoms with E-state index in [2.05, 4.69) is 9.97 Å². The van der Waals surface area contributed by atoms with E-state index in [1.807, 2.05) is 54.7 Å². The minimum absolute atomic E-state index is 0.0128. The Morgan fingerprint density at radius 3 is 2.22 bits per heavy atom. The van der Waals surface area contributed by atoms with Crippen LogP contribution in [0.25, 0.3) is 11.1 Å². The van der Waals surface area contributed by atoms with Crippen LogP contribution in [0.2, 0.25) is 0 Å². The molecule has 23 heavy (non-hydrogen) atoms. The summed E-state index contributed by atoms with van der Waals surface area (Å²) in [5.41, 5.74) is 3.96. The molecule has 3 aromatic rings. The summed E-state index contributed by atoms with van der Waals surface area (Å²) in [4.78, 5) is 8.54. The molecule has 0 aliphatic rings. The van der Waals surface area contributed by atoms with Gasteiger partial charge < -0.3 is 9.84 Å². The van der Waals surface area contributed by atoms with Crippen molar-refractivity contribution in [1.29, 1.82) is 0 Å². The van der Waals surface area contributed by atoms with Crippen molar-refractivity contribution in [2.75, 3.05) is 13.7 Å². The number of benzene rings is 1. The van der Waals surface area contributed by atoms with Gasteiger partial charge in [-0.25, -0.2) is 0 Å². The molecule has 0 bridgehead atoms. The number of hydrogen-bond acceptors (Lipinski definition) is 4. The lowest BCUT2D eigenvalue weighted by molar-refractivity contribution is 0.278. The average molecular weight is 306 g/mol. The van der Waals surface area contributed by atoms with Gasteiger partial charge in [-0.05, 0) is 41.5 Å². The molecule has 3 rings (SSSR count). The highest BCUT2D eigenvalue weighted by Crippen LogP contribution is 2.26. The van der Waals surface area contributed by atoms with E-state index in [0.717, 1.165) is 28.1 Å². The molecule has 0 spiro atoms. The van der Waals surface area contributed by atoms with Crippen molar-refractivity contribution >= 4 is 0 Å². The van der Waals surface area contributed by atoms with E-state index in [1.165, 1.54) is 0 Å². The number of nitrogens with zero attached hydrogens (tertiary/aromatic N) is 2. The van der Waals surface area contributed by atoms with Gasteiger partial charge >= 0.3 is 0 Å². The highest BCUT2D eigenvalue weighted by atomic mass is 16.5. The van der Waals surface area contributed by atoms with Crippen molar-refractivity contribution in [3.8, 4) is 16.9 Å². The maximum atomic E-state index is 9.70. The second-order valence-electron chi connectivity index (χ2n) is 5.22. The zero-order chi connectivity index (χ0) is 16.1. The summed E-state index contributed by atoms with van der Waals surface area (Å²) >= 11 is 0. The van der Waals surface area contributed by atoms with Crippen LogP contribution < -0.4 is 4.74 Å². The lowest BCUT2D eigenvalue weighted by Crippen LogP contribution is -2.08. The Labute approximate surface area is 135 Å². The van der Waals surface area contributed by atoms with Crippen molar-refractivity contribution in [2.24, 2.45) is 0 Å². The summed E-state index contributed by atoms with van der Waals surface area (Å²) in [6.07, 6.45) is 5.29. The largest absolute Gasteiger partial charge is 0.497 e. The van der Waals surface area contributed by atoms with Crippen LogP contribution in [0.5, 0.6) is 5.75 Å². The third kappa shape index (κ3) is 3.38. The topological polar surface area (TPSA) is 55.2 Å². The Kier molecular flexibility index (Phi) is 4.64. The zero-order valence-electron chi connectivity index (χ0n) is 12.9. The number of aliphatic hydroxyl groups is 1. The summed E-state index contributed by atoms with van der Waals surface area (Å²) in [5, 5.41) is 9.70. The van der Waals surface area contributed by atoms with Crippen molar-refractivity contribution in [1.82, 2.24) is 9.97 Å². The predicted molar refractivity (Wildman–Crippen MR) is 89.4 cm³/mol. The first-order valence-electron chi connectivity index (χ1n) is 7.43. The number of pyridine rings is 2. The summed E-state index contributed by atoms with van der Waals surface area (Å²) in [6, 6.07) is 15.6. The van der Waals surface area contributed by atoms with Gasteiger partial charge in [-0.3, -0.25) is 9.97 Å². The molecule has 0 saturated carbocycles. The number of ether oxygens (including phenoxy) is 1. The third-order valence-electron chi connectivity index (χ3n) is 3.86. The average Bonchev–Trinajstić information content (AvgIpc) is 2.64. The van der Waals surface area contributed by atoms with Crippen LogP contribution >= 0.6 is 0 Å². The second-order valence-corrected chi connectivity index (χ2v) is 5.22. The van der Waals surface area contributed by atoms with Crippen LogP contribution in [0.15, 0.2) is 67.1 Å². The van der Waals surface area contributed by atoms with Crippen molar-refractivity contribution in [2.45, 2.75) is 5.92 Å². The lowest BCUT2D eigenvalue weighted by Gasteiger charge is -2.14. The van der Waals surface area contributed by atoms with E-state index in [9.17, 15) is 5.11 Å². The molecular weight excluding hydrogens is 288 g/mol. The van der Waals surface area contributed by atoms with E-state index in [1.54, 1.807) is 19.5 Å². The van der Waals surface area contributed by atoms with Crippen LogP contribution in [-0.2, 0) is 0 Å². The van der Waals surface area contributed by atoms with Gasteiger partial charge in [0.15, 0.2) is 0 Å². The Morgan fingerprint density at radius 2 is 1.65 bits per heavy atom. The number of aromatic nitrogens is 2. The first kappa shape index (κ1) is 15.2. The summed E-state index contributed by atoms with van der Waals surface area (Å²) in [7, 11) is 1.65. The minimum Gasteiger partial charge on any atom is -0.497 e. The molecule has 2 aromatic heterocycles. The van der Waals surface area contributed by atoms with E-state index < -0.39 is 0 Å². The summed E-state index contributed by atoms with van der Waals surface area (Å²) < 4.78 is 5.17. The van der Waals surface area contributed by atoms with Gasteiger partial charge in [0.2, 0.25) is 0 Å². The molecule has 116 valence electrons. The molecule has 0 saturated heterocycles. The monoisotopic (exact) mass is 306 g/mol. The molecule has 1 unspecified atom stereocenters. The third-order valence-corrected chi connectivity index (χ3v) is 3.86. The van der Waals surface area contributed by atoms with E-state index in [0.29, 0.717) is 0 Å². The van der Waals surface area contributed by atoms with Crippen molar-refractivity contribution in [3.05, 3.63) is 78.4 Å². The van der Waals surface area contributed by atoms with Crippen LogP contribution in [0.4, 0.5) is 0 Å². The molecule has 4 nitrogen and oxygen atoms in total. The predicted octanol–water partition coefficient (Wildman–Crippen LogP) is 3.28. The van der Waals surface area contributed by atoms with Gasteiger partial charge in [0.25, 0.3) is 0 Å². The van der Waals surface area contributed by atoms with Crippen LogP contribution in [0, 0.1) is 0 Å². The maximum Gasteiger partial charge on any atom is 0.118 e. The van der Waals surface area contributed by atoms with Gasteiger partial charge in [-0.1, -0.05) is 18.2 Å². The molecule has 0 fully saturated rings. The van der Waals surface area contributed by atoms with Crippen LogP contribution in [0.3, 0.4) is 0 Å². The molecule has 0 aliphatic heterocycles. The maximum absolute atomic E-state index is 9.70.